The minimum absolute atomic E-state index is 0.104. The Hall–Kier alpha value is -1.92. The third-order valence-corrected chi connectivity index (χ3v) is 6.22. The van der Waals surface area contributed by atoms with Crippen LogP contribution in [-0.4, -0.2) is 34.4 Å². The van der Waals surface area contributed by atoms with Gasteiger partial charge in [0.1, 0.15) is 10.4 Å². The summed E-state index contributed by atoms with van der Waals surface area (Å²) in [5, 5.41) is 1.68. The molecule has 3 rings (SSSR count). The Balaban J connectivity index is 1.79. The van der Waals surface area contributed by atoms with E-state index in [9.17, 15) is 9.59 Å². The van der Waals surface area contributed by atoms with Crippen molar-refractivity contribution in [2.75, 3.05) is 6.61 Å². The average Bonchev–Trinajstić information content (AvgIpc) is 3.21. The summed E-state index contributed by atoms with van der Waals surface area (Å²) >= 11 is 7.92. The highest BCUT2D eigenvalue weighted by atomic mass is 35.5. The zero-order valence-corrected chi connectivity index (χ0v) is 17.5. The summed E-state index contributed by atoms with van der Waals surface area (Å²) in [6, 6.07) is 9.57. The molecule has 1 aliphatic rings. The molecule has 0 N–H and O–H groups in total. The number of benzene rings is 1. The van der Waals surface area contributed by atoms with Gasteiger partial charge in [-0.1, -0.05) is 49.6 Å². The average molecular weight is 421 g/mol. The van der Waals surface area contributed by atoms with Crippen molar-refractivity contribution in [3.63, 3.8) is 0 Å². The van der Waals surface area contributed by atoms with E-state index in [0.717, 1.165) is 36.3 Å². The van der Waals surface area contributed by atoms with Crippen LogP contribution in [0, 0.1) is 0 Å². The second-order valence-electron chi connectivity index (χ2n) is 6.88. The molecule has 28 heavy (non-hydrogen) atoms. The van der Waals surface area contributed by atoms with E-state index in [1.165, 1.54) is 17.8 Å². The number of aromatic nitrogens is 1. The van der Waals surface area contributed by atoms with Gasteiger partial charge in [-0.3, -0.25) is 4.79 Å². The molecule has 1 aliphatic carbocycles. The molecule has 2 aromatic rings. The van der Waals surface area contributed by atoms with Crippen LogP contribution in [0.1, 0.15) is 65.5 Å². The highest BCUT2D eigenvalue weighted by Crippen LogP contribution is 2.30. The minimum atomic E-state index is -0.729. The maximum Gasteiger partial charge on any atom is 0.357 e. The van der Waals surface area contributed by atoms with E-state index in [1.54, 1.807) is 12.3 Å². The van der Waals surface area contributed by atoms with Crippen molar-refractivity contribution >= 4 is 34.8 Å². The number of hydrogen-bond donors (Lipinski definition) is 0. The van der Waals surface area contributed by atoms with Crippen LogP contribution in [0.15, 0.2) is 35.7 Å². The Morgan fingerprint density at radius 3 is 2.64 bits per heavy atom. The second-order valence-corrected chi connectivity index (χ2v) is 8.26. The first kappa shape index (κ1) is 20.8. The zero-order chi connectivity index (χ0) is 19.9. The van der Waals surface area contributed by atoms with Crippen molar-refractivity contribution in [1.82, 2.24) is 9.88 Å². The third kappa shape index (κ3) is 5.11. The molecule has 1 saturated carbocycles. The standard InChI is InChI=1S/C21H25ClN2O3S/c1-2-27-21(26)17-14-28-18(23-17)13-24(16-11-7-4-8-12-16)20(25)19(22)15-9-5-3-6-10-15/h3,5-6,9-10,14,16,19H,2,4,7-8,11-13H2,1H3. The normalized spacial score (nSPS) is 15.8. The maximum atomic E-state index is 13.3. The largest absolute Gasteiger partial charge is 0.461 e. The predicted octanol–water partition coefficient (Wildman–Crippen LogP) is 4.96. The van der Waals surface area contributed by atoms with E-state index in [4.69, 9.17) is 16.3 Å². The molecule has 1 fully saturated rings. The van der Waals surface area contributed by atoms with Gasteiger partial charge in [-0.2, -0.15) is 0 Å². The fourth-order valence-electron chi connectivity index (χ4n) is 3.52. The van der Waals surface area contributed by atoms with E-state index in [2.05, 4.69) is 4.98 Å². The molecule has 0 radical (unpaired) electrons. The lowest BCUT2D eigenvalue weighted by Crippen LogP contribution is -2.42. The number of carbonyl (C=O) groups is 2. The number of rotatable bonds is 7. The van der Waals surface area contributed by atoms with Gasteiger partial charge in [0.25, 0.3) is 0 Å². The van der Waals surface area contributed by atoms with Crippen molar-refractivity contribution in [1.29, 1.82) is 0 Å². The van der Waals surface area contributed by atoms with Crippen LogP contribution in [0.5, 0.6) is 0 Å². The Morgan fingerprint density at radius 1 is 1.25 bits per heavy atom. The van der Waals surface area contributed by atoms with Gasteiger partial charge in [-0.05, 0) is 25.3 Å². The number of hydrogen-bond acceptors (Lipinski definition) is 5. The number of amides is 1. The summed E-state index contributed by atoms with van der Waals surface area (Å²) in [6.07, 6.45) is 5.36. The van der Waals surface area contributed by atoms with Crippen LogP contribution >= 0.6 is 22.9 Å². The van der Waals surface area contributed by atoms with E-state index >= 15 is 0 Å². The Labute approximate surface area is 174 Å². The minimum Gasteiger partial charge on any atom is -0.461 e. The number of esters is 1. The summed E-state index contributed by atoms with van der Waals surface area (Å²) < 4.78 is 5.01. The molecule has 1 atom stereocenters. The maximum absolute atomic E-state index is 13.3. The zero-order valence-electron chi connectivity index (χ0n) is 16.0. The number of halogens is 1. The molecule has 1 aromatic carbocycles. The SMILES string of the molecule is CCOC(=O)c1csc(CN(C(=O)C(Cl)c2ccccc2)C2CCCCC2)n1. The number of thiazole rings is 1. The molecule has 0 spiro atoms. The Kier molecular flexibility index (Phi) is 7.45. The lowest BCUT2D eigenvalue weighted by atomic mass is 9.93. The lowest BCUT2D eigenvalue weighted by molar-refractivity contribution is -0.134. The lowest BCUT2D eigenvalue weighted by Gasteiger charge is -2.35. The van der Waals surface area contributed by atoms with Gasteiger partial charge >= 0.3 is 5.97 Å². The van der Waals surface area contributed by atoms with E-state index in [-0.39, 0.29) is 11.9 Å². The fraction of sp³-hybridized carbons (Fsp3) is 0.476. The van der Waals surface area contributed by atoms with Crippen molar-refractivity contribution in [2.45, 2.75) is 57.0 Å². The van der Waals surface area contributed by atoms with Crippen molar-refractivity contribution in [3.8, 4) is 0 Å². The molecular formula is C21H25ClN2O3S. The molecule has 150 valence electrons. The van der Waals surface area contributed by atoms with Crippen LogP contribution in [-0.2, 0) is 16.1 Å². The summed E-state index contributed by atoms with van der Waals surface area (Å²) in [5.74, 6) is -0.535. The Bertz CT molecular complexity index is 790. The van der Waals surface area contributed by atoms with Crippen LogP contribution in [0.2, 0.25) is 0 Å². The van der Waals surface area contributed by atoms with Gasteiger partial charge in [-0.15, -0.1) is 22.9 Å². The predicted molar refractivity (Wildman–Crippen MR) is 111 cm³/mol. The number of ether oxygens (including phenoxy) is 1. The van der Waals surface area contributed by atoms with Gasteiger partial charge < -0.3 is 9.64 Å². The van der Waals surface area contributed by atoms with Crippen molar-refractivity contribution < 1.29 is 14.3 Å². The van der Waals surface area contributed by atoms with Crippen LogP contribution in [0.3, 0.4) is 0 Å². The van der Waals surface area contributed by atoms with E-state index in [1.807, 2.05) is 35.2 Å². The van der Waals surface area contributed by atoms with Crippen LogP contribution < -0.4 is 0 Å². The molecule has 0 aliphatic heterocycles. The summed E-state index contributed by atoms with van der Waals surface area (Å²) in [4.78, 5) is 31.4. The van der Waals surface area contributed by atoms with Gasteiger partial charge in [0.2, 0.25) is 5.91 Å². The quantitative estimate of drug-likeness (QED) is 0.469. The van der Waals surface area contributed by atoms with E-state index < -0.39 is 11.3 Å². The molecule has 5 nitrogen and oxygen atoms in total. The molecule has 1 aromatic heterocycles. The fourth-order valence-corrected chi connectivity index (χ4v) is 4.55. The monoisotopic (exact) mass is 420 g/mol. The number of nitrogens with zero attached hydrogens (tertiary/aromatic N) is 2. The first-order valence-corrected chi connectivity index (χ1v) is 11.0. The summed E-state index contributed by atoms with van der Waals surface area (Å²) in [5.41, 5.74) is 1.09. The first-order valence-electron chi connectivity index (χ1n) is 9.71. The second kappa shape index (κ2) is 10.0. The van der Waals surface area contributed by atoms with E-state index in [0.29, 0.717) is 18.8 Å². The van der Waals surface area contributed by atoms with Crippen molar-refractivity contribution in [3.05, 3.63) is 52.0 Å². The summed E-state index contributed by atoms with van der Waals surface area (Å²) in [6.45, 7) is 2.44. The molecule has 1 amide bonds. The number of alkyl halides is 1. The smallest absolute Gasteiger partial charge is 0.357 e. The highest BCUT2D eigenvalue weighted by molar-refractivity contribution is 7.09. The van der Waals surface area contributed by atoms with Gasteiger partial charge in [-0.25, -0.2) is 9.78 Å². The topological polar surface area (TPSA) is 59.5 Å². The van der Waals surface area contributed by atoms with Gasteiger partial charge in [0, 0.05) is 11.4 Å². The van der Waals surface area contributed by atoms with Crippen molar-refractivity contribution in [2.24, 2.45) is 0 Å². The summed E-state index contributed by atoms with van der Waals surface area (Å²) in [7, 11) is 0. The highest BCUT2D eigenvalue weighted by Gasteiger charge is 2.31. The van der Waals surface area contributed by atoms with Crippen LogP contribution in [0.4, 0.5) is 0 Å². The first-order chi connectivity index (χ1) is 13.6. The van der Waals surface area contributed by atoms with Gasteiger partial charge in [0.05, 0.1) is 13.2 Å². The number of carbonyl (C=O) groups excluding carboxylic acids is 2. The molecule has 1 unspecified atom stereocenters. The molecule has 1 heterocycles. The molecule has 0 bridgehead atoms. The third-order valence-electron chi connectivity index (χ3n) is 4.95. The molecule has 0 saturated heterocycles. The van der Waals surface area contributed by atoms with Gasteiger partial charge in [0.15, 0.2) is 5.69 Å². The molecular weight excluding hydrogens is 396 g/mol. The Morgan fingerprint density at radius 2 is 1.96 bits per heavy atom. The van der Waals surface area contributed by atoms with Crippen LogP contribution in [0.25, 0.3) is 0 Å². The molecule has 7 heteroatoms.